The van der Waals surface area contributed by atoms with Crippen LogP contribution >= 0.6 is 23.2 Å². The zero-order chi connectivity index (χ0) is 20.8. The highest BCUT2D eigenvalue weighted by molar-refractivity contribution is 6.38. The van der Waals surface area contributed by atoms with Crippen molar-refractivity contribution in [3.05, 3.63) is 95.1 Å². The number of para-hydroxylation sites is 2. The van der Waals surface area contributed by atoms with Gasteiger partial charge in [-0.25, -0.2) is 4.90 Å². The van der Waals surface area contributed by atoms with Crippen molar-refractivity contribution in [3.63, 3.8) is 0 Å². The molecule has 148 valence electrons. The van der Waals surface area contributed by atoms with E-state index in [0.29, 0.717) is 0 Å². The molecule has 4 nitrogen and oxygen atoms in total. The van der Waals surface area contributed by atoms with Gasteiger partial charge in [0.25, 0.3) is 0 Å². The molecule has 0 spiro atoms. The molecule has 2 atom stereocenters. The molecule has 3 aromatic carbocycles. The summed E-state index contributed by atoms with van der Waals surface area (Å²) < 4.78 is 0. The number of hydrogen-bond donors (Lipinski definition) is 1. The Morgan fingerprint density at radius 3 is 1.43 bits per heavy atom. The molecule has 6 heteroatoms. The number of anilines is 1. The van der Waals surface area contributed by atoms with Crippen LogP contribution in [0.5, 0.6) is 5.75 Å². The van der Waals surface area contributed by atoms with Crippen molar-refractivity contribution in [2.24, 2.45) is 11.8 Å². The van der Waals surface area contributed by atoms with E-state index in [4.69, 9.17) is 23.2 Å². The summed E-state index contributed by atoms with van der Waals surface area (Å²) in [6, 6.07) is 21.3. The second kappa shape index (κ2) is 5.65. The molecule has 1 aliphatic heterocycles. The number of phenolic OH excluding ortho intramolecular Hbond substituents is 1. The number of aromatic hydroxyl groups is 1. The fourth-order valence-corrected chi connectivity index (χ4v) is 6.66. The lowest BCUT2D eigenvalue weighted by Crippen LogP contribution is -2.57. The Labute approximate surface area is 182 Å². The molecule has 7 rings (SSSR count). The molecule has 4 aliphatic rings. The standard InChI is InChI=1S/C24H15Cl2NO3/c25-23-13-7-1-2-8-14(13)24(26,16-10-4-3-9-15(16)23)20-19(23)21(29)27(22(20)30)17-11-5-6-12-18(17)28/h1-12,19-20,28H/t19-,20+,23?,24?. The van der Waals surface area contributed by atoms with Crippen LogP contribution in [0, 0.1) is 11.8 Å². The van der Waals surface area contributed by atoms with Crippen LogP contribution in [0.2, 0.25) is 0 Å². The van der Waals surface area contributed by atoms with Crippen molar-refractivity contribution in [1.82, 2.24) is 0 Å². The summed E-state index contributed by atoms with van der Waals surface area (Å²) in [5, 5.41) is 10.4. The van der Waals surface area contributed by atoms with E-state index in [1.165, 1.54) is 6.07 Å². The smallest absolute Gasteiger partial charge is 0.240 e. The number of imide groups is 1. The Morgan fingerprint density at radius 1 is 0.667 bits per heavy atom. The predicted octanol–water partition coefficient (Wildman–Crippen LogP) is 4.49. The van der Waals surface area contributed by atoms with E-state index in [1.54, 1.807) is 18.2 Å². The third kappa shape index (κ3) is 1.81. The Kier molecular flexibility index (Phi) is 3.39. The zero-order valence-corrected chi connectivity index (χ0v) is 17.1. The van der Waals surface area contributed by atoms with Gasteiger partial charge in [-0.05, 0) is 34.4 Å². The van der Waals surface area contributed by atoms with Crippen molar-refractivity contribution in [2.45, 2.75) is 9.75 Å². The van der Waals surface area contributed by atoms with Crippen LogP contribution in [-0.2, 0) is 19.3 Å². The van der Waals surface area contributed by atoms with E-state index in [0.717, 1.165) is 27.2 Å². The average molecular weight is 436 g/mol. The highest BCUT2D eigenvalue weighted by Gasteiger charge is 2.73. The third-order valence-corrected chi connectivity index (χ3v) is 7.99. The van der Waals surface area contributed by atoms with Gasteiger partial charge in [0.1, 0.15) is 15.5 Å². The predicted molar refractivity (Wildman–Crippen MR) is 114 cm³/mol. The molecule has 3 aromatic rings. The van der Waals surface area contributed by atoms with Gasteiger partial charge >= 0.3 is 0 Å². The summed E-state index contributed by atoms with van der Waals surface area (Å²) in [6.45, 7) is 0. The summed E-state index contributed by atoms with van der Waals surface area (Å²) >= 11 is 14.7. The molecule has 0 radical (unpaired) electrons. The molecule has 2 bridgehead atoms. The highest BCUT2D eigenvalue weighted by atomic mass is 35.5. The number of halogens is 2. The van der Waals surface area contributed by atoms with Gasteiger partial charge in [-0.3, -0.25) is 9.59 Å². The van der Waals surface area contributed by atoms with Gasteiger partial charge in [-0.15, -0.1) is 23.2 Å². The van der Waals surface area contributed by atoms with Gasteiger partial charge in [0.2, 0.25) is 11.8 Å². The van der Waals surface area contributed by atoms with Gasteiger partial charge < -0.3 is 5.11 Å². The van der Waals surface area contributed by atoms with E-state index in [1.807, 2.05) is 48.5 Å². The summed E-state index contributed by atoms with van der Waals surface area (Å²) in [4.78, 5) is 26.0. The molecule has 0 unspecified atom stereocenters. The molecule has 1 heterocycles. The van der Waals surface area contributed by atoms with Crippen LogP contribution in [0.15, 0.2) is 72.8 Å². The van der Waals surface area contributed by atoms with Crippen LogP contribution in [-0.4, -0.2) is 16.9 Å². The topological polar surface area (TPSA) is 57.6 Å². The van der Waals surface area contributed by atoms with Gasteiger partial charge in [0, 0.05) is 0 Å². The van der Waals surface area contributed by atoms with E-state index in [2.05, 4.69) is 0 Å². The first-order valence-electron chi connectivity index (χ1n) is 9.65. The fraction of sp³-hybridized carbons (Fsp3) is 0.167. The minimum absolute atomic E-state index is 0.146. The van der Waals surface area contributed by atoms with E-state index in [9.17, 15) is 14.7 Å². The normalized spacial score (nSPS) is 30.8. The largest absolute Gasteiger partial charge is 0.506 e. The molecule has 1 fully saturated rings. The van der Waals surface area contributed by atoms with Crippen molar-refractivity contribution < 1.29 is 14.7 Å². The molecule has 0 saturated carbocycles. The number of phenols is 1. The maximum absolute atomic E-state index is 13.7. The summed E-state index contributed by atoms with van der Waals surface area (Å²) in [5.41, 5.74) is 3.16. The van der Waals surface area contributed by atoms with E-state index < -0.39 is 33.4 Å². The van der Waals surface area contributed by atoms with Crippen LogP contribution in [0.3, 0.4) is 0 Å². The van der Waals surface area contributed by atoms with Crippen molar-refractivity contribution in [2.75, 3.05) is 4.90 Å². The number of benzene rings is 3. The Morgan fingerprint density at radius 2 is 1.03 bits per heavy atom. The van der Waals surface area contributed by atoms with Gasteiger partial charge in [0.05, 0.1) is 17.5 Å². The fourth-order valence-electron chi connectivity index (χ4n) is 5.56. The molecular formula is C24H15Cl2NO3. The molecule has 1 saturated heterocycles. The summed E-state index contributed by atoms with van der Waals surface area (Å²) in [6.07, 6.45) is 0. The Balaban J connectivity index is 1.68. The number of nitrogens with zero attached hydrogens (tertiary/aromatic N) is 1. The number of amides is 2. The molecule has 2 amide bonds. The van der Waals surface area contributed by atoms with Gasteiger partial charge in [0.15, 0.2) is 0 Å². The molecule has 0 aromatic heterocycles. The monoisotopic (exact) mass is 435 g/mol. The first-order valence-corrected chi connectivity index (χ1v) is 10.4. The van der Waals surface area contributed by atoms with Crippen LogP contribution in [0.25, 0.3) is 0 Å². The Hall–Kier alpha value is -2.82. The minimum atomic E-state index is -1.22. The lowest BCUT2D eigenvalue weighted by atomic mass is 9.54. The maximum atomic E-state index is 13.7. The highest BCUT2D eigenvalue weighted by Crippen LogP contribution is 2.69. The summed E-state index contributed by atoms with van der Waals surface area (Å²) in [5.74, 6) is -2.80. The van der Waals surface area contributed by atoms with Gasteiger partial charge in [-0.2, -0.15) is 0 Å². The molecular weight excluding hydrogens is 421 g/mol. The average Bonchev–Trinajstić information content (AvgIpc) is 3.04. The summed E-state index contributed by atoms with van der Waals surface area (Å²) in [7, 11) is 0. The first kappa shape index (κ1) is 18.0. The van der Waals surface area contributed by atoms with Crippen molar-refractivity contribution >= 4 is 40.7 Å². The quantitative estimate of drug-likeness (QED) is 0.452. The number of rotatable bonds is 1. The minimum Gasteiger partial charge on any atom is -0.506 e. The van der Waals surface area contributed by atoms with E-state index in [-0.39, 0.29) is 11.4 Å². The number of carbonyl (C=O) groups excluding carboxylic acids is 2. The van der Waals surface area contributed by atoms with Crippen LogP contribution < -0.4 is 4.90 Å². The lowest BCUT2D eigenvalue weighted by Gasteiger charge is -2.54. The molecule has 1 N–H and O–H groups in total. The third-order valence-electron chi connectivity index (χ3n) is 6.71. The molecule has 30 heavy (non-hydrogen) atoms. The number of alkyl halides is 2. The van der Waals surface area contributed by atoms with Gasteiger partial charge in [-0.1, -0.05) is 60.7 Å². The van der Waals surface area contributed by atoms with Crippen molar-refractivity contribution in [3.8, 4) is 5.75 Å². The first-order chi connectivity index (χ1) is 14.4. The maximum Gasteiger partial charge on any atom is 0.240 e. The Bertz CT molecular complexity index is 1150. The second-order valence-corrected chi connectivity index (χ2v) is 9.16. The number of carbonyl (C=O) groups is 2. The van der Waals surface area contributed by atoms with Crippen molar-refractivity contribution in [1.29, 1.82) is 0 Å². The SMILES string of the molecule is O=C1[C@@H]2[C@H](C(=O)N1c1ccccc1O)C1(Cl)c3ccccc3C2(Cl)c2ccccc21. The zero-order valence-electron chi connectivity index (χ0n) is 15.5. The number of hydrogen-bond acceptors (Lipinski definition) is 3. The lowest BCUT2D eigenvalue weighted by molar-refractivity contribution is -0.122. The van der Waals surface area contributed by atoms with Crippen LogP contribution in [0.1, 0.15) is 22.3 Å². The second-order valence-electron chi connectivity index (χ2n) is 7.97. The molecule has 3 aliphatic carbocycles. The van der Waals surface area contributed by atoms with E-state index >= 15 is 0 Å². The van der Waals surface area contributed by atoms with Crippen LogP contribution in [0.4, 0.5) is 5.69 Å².